The van der Waals surface area contributed by atoms with Gasteiger partial charge in [0.25, 0.3) is 11.1 Å². The Morgan fingerprint density at radius 2 is 1.64 bits per heavy atom. The maximum atomic E-state index is 13.0. The van der Waals surface area contributed by atoms with Crippen LogP contribution in [0.2, 0.25) is 0 Å². The van der Waals surface area contributed by atoms with Crippen LogP contribution in [-0.2, 0) is 6.42 Å². The van der Waals surface area contributed by atoms with Gasteiger partial charge in [0.05, 0.1) is 33.0 Å². The van der Waals surface area contributed by atoms with E-state index in [1.54, 1.807) is 63.8 Å². The number of fused-ring (bicyclic) bond motifs is 1. The molecule has 0 radical (unpaired) electrons. The fourth-order valence-electron chi connectivity index (χ4n) is 3.33. The summed E-state index contributed by atoms with van der Waals surface area (Å²) in [6.45, 7) is 0. The zero-order chi connectivity index (χ0) is 23.5. The molecule has 0 bridgehead atoms. The second-order valence-electron chi connectivity index (χ2n) is 6.95. The van der Waals surface area contributed by atoms with Gasteiger partial charge in [-0.1, -0.05) is 17.4 Å². The minimum absolute atomic E-state index is 0.153. The monoisotopic (exact) mass is 467 g/mol. The summed E-state index contributed by atoms with van der Waals surface area (Å²) in [4.78, 5) is 29.9. The molecule has 0 saturated heterocycles. The van der Waals surface area contributed by atoms with E-state index >= 15 is 0 Å². The van der Waals surface area contributed by atoms with E-state index in [-0.39, 0.29) is 22.6 Å². The summed E-state index contributed by atoms with van der Waals surface area (Å²) in [6, 6.07) is 10.6. The Bertz CT molecular complexity index is 1490. The normalized spacial score (nSPS) is 11.6. The Morgan fingerprint density at radius 1 is 0.909 bits per heavy atom. The Labute approximate surface area is 192 Å². The average molecular weight is 468 g/mol. The number of hydrogen-bond donors (Lipinski definition) is 0. The minimum atomic E-state index is -0.489. The summed E-state index contributed by atoms with van der Waals surface area (Å²) in [7, 11) is 6.19. The Morgan fingerprint density at radius 3 is 2.33 bits per heavy atom. The topological polar surface area (TPSA) is 101 Å². The lowest BCUT2D eigenvalue weighted by Gasteiger charge is -2.09. The fraction of sp³-hybridized carbons (Fsp3) is 0.217. The van der Waals surface area contributed by atoms with Gasteiger partial charge in [-0.25, -0.2) is 0 Å². The lowest BCUT2D eigenvalue weighted by atomic mass is 10.1. The summed E-state index contributed by atoms with van der Waals surface area (Å²) in [5.74, 6) is 2.32. The standard InChI is InChI=1S/C23H21N3O6S/c1-29-15-6-8-17(30-2)14(11-15)12-20-22(28)26-23(33-20)24-21(27)16(25-26)9-13-5-7-18(31-3)19(10-13)32-4/h5-8,10-12H,9H2,1-4H3. The number of rotatable bonds is 7. The van der Waals surface area contributed by atoms with Crippen molar-refractivity contribution in [1.29, 1.82) is 0 Å². The van der Waals surface area contributed by atoms with Gasteiger partial charge in [0.15, 0.2) is 11.5 Å². The van der Waals surface area contributed by atoms with Crippen LogP contribution in [0.25, 0.3) is 11.0 Å². The van der Waals surface area contributed by atoms with E-state index in [4.69, 9.17) is 18.9 Å². The smallest absolute Gasteiger partial charge is 0.296 e. The molecule has 0 atom stereocenters. The summed E-state index contributed by atoms with van der Waals surface area (Å²) in [6.07, 6.45) is 1.86. The molecule has 33 heavy (non-hydrogen) atoms. The molecule has 0 unspecified atom stereocenters. The molecule has 0 aliphatic carbocycles. The van der Waals surface area contributed by atoms with Crippen LogP contribution in [0, 0.1) is 0 Å². The second-order valence-corrected chi connectivity index (χ2v) is 7.96. The van der Waals surface area contributed by atoms with E-state index in [1.165, 1.54) is 7.11 Å². The number of thiazole rings is 1. The zero-order valence-corrected chi connectivity index (χ0v) is 19.3. The third kappa shape index (κ3) is 4.37. The molecule has 4 rings (SSSR count). The molecule has 0 aliphatic rings. The van der Waals surface area contributed by atoms with E-state index in [0.29, 0.717) is 33.1 Å². The molecule has 10 heteroatoms. The number of benzene rings is 2. The largest absolute Gasteiger partial charge is 0.497 e. The number of aromatic nitrogens is 3. The summed E-state index contributed by atoms with van der Waals surface area (Å²) >= 11 is 1.08. The van der Waals surface area contributed by atoms with Crippen molar-refractivity contribution in [3.05, 3.63) is 78.5 Å². The first-order valence-electron chi connectivity index (χ1n) is 9.84. The van der Waals surface area contributed by atoms with Crippen LogP contribution in [-0.4, -0.2) is 43.0 Å². The summed E-state index contributed by atoms with van der Waals surface area (Å²) in [5, 5.41) is 4.30. The zero-order valence-electron chi connectivity index (χ0n) is 18.4. The van der Waals surface area contributed by atoms with Crippen molar-refractivity contribution >= 4 is 22.4 Å². The van der Waals surface area contributed by atoms with Gasteiger partial charge in [0, 0.05) is 12.0 Å². The number of ether oxygens (including phenoxy) is 4. The Hall–Kier alpha value is -3.92. The van der Waals surface area contributed by atoms with Crippen LogP contribution in [0.5, 0.6) is 23.0 Å². The van der Waals surface area contributed by atoms with E-state index in [2.05, 4.69) is 10.1 Å². The third-order valence-corrected chi connectivity index (χ3v) is 5.95. The van der Waals surface area contributed by atoms with Gasteiger partial charge in [-0.05, 0) is 42.0 Å². The molecule has 0 fully saturated rings. The molecule has 0 spiro atoms. The van der Waals surface area contributed by atoms with Crippen molar-refractivity contribution in [3.63, 3.8) is 0 Å². The number of nitrogens with zero attached hydrogens (tertiary/aromatic N) is 3. The molecule has 0 saturated carbocycles. The molecule has 2 aromatic heterocycles. The van der Waals surface area contributed by atoms with Crippen LogP contribution in [0.1, 0.15) is 16.8 Å². The van der Waals surface area contributed by atoms with Crippen molar-refractivity contribution in [3.8, 4) is 23.0 Å². The van der Waals surface area contributed by atoms with Crippen LogP contribution < -0.4 is 34.6 Å². The highest BCUT2D eigenvalue weighted by Crippen LogP contribution is 2.28. The van der Waals surface area contributed by atoms with E-state index < -0.39 is 5.56 Å². The Balaban J connectivity index is 1.78. The first-order valence-corrected chi connectivity index (χ1v) is 10.7. The first-order chi connectivity index (χ1) is 16.0. The summed E-state index contributed by atoms with van der Waals surface area (Å²) in [5.41, 5.74) is 0.723. The molecule has 2 aromatic carbocycles. The van der Waals surface area contributed by atoms with Gasteiger partial charge >= 0.3 is 0 Å². The Kier molecular flexibility index (Phi) is 6.27. The van der Waals surface area contributed by atoms with Gasteiger partial charge in [0.2, 0.25) is 4.96 Å². The highest BCUT2D eigenvalue weighted by Gasteiger charge is 2.14. The van der Waals surface area contributed by atoms with Crippen molar-refractivity contribution in [2.24, 2.45) is 0 Å². The minimum Gasteiger partial charge on any atom is -0.497 e. The maximum Gasteiger partial charge on any atom is 0.296 e. The van der Waals surface area contributed by atoms with Crippen molar-refractivity contribution in [1.82, 2.24) is 14.6 Å². The molecule has 0 aliphatic heterocycles. The molecule has 9 nitrogen and oxygen atoms in total. The van der Waals surface area contributed by atoms with Gasteiger partial charge in [-0.3, -0.25) is 9.59 Å². The molecule has 170 valence electrons. The molecule has 0 amide bonds. The van der Waals surface area contributed by atoms with Gasteiger partial charge in [0.1, 0.15) is 17.2 Å². The van der Waals surface area contributed by atoms with Crippen LogP contribution >= 0.6 is 11.3 Å². The van der Waals surface area contributed by atoms with Crippen molar-refractivity contribution in [2.45, 2.75) is 6.42 Å². The van der Waals surface area contributed by atoms with Crippen molar-refractivity contribution in [2.75, 3.05) is 28.4 Å². The van der Waals surface area contributed by atoms with Gasteiger partial charge < -0.3 is 18.9 Å². The highest BCUT2D eigenvalue weighted by atomic mass is 32.1. The lowest BCUT2D eigenvalue weighted by Crippen LogP contribution is -2.28. The predicted molar refractivity (Wildman–Crippen MR) is 124 cm³/mol. The molecule has 0 N–H and O–H groups in total. The SMILES string of the molecule is COc1ccc(OC)c(C=c2sc3nc(=O)c(Cc4ccc(OC)c(OC)c4)nn3c2=O)c1. The third-order valence-electron chi connectivity index (χ3n) is 4.99. The maximum absolute atomic E-state index is 13.0. The molecular formula is C23H21N3O6S. The van der Waals surface area contributed by atoms with E-state index in [1.807, 2.05) is 0 Å². The molecule has 4 aromatic rings. The number of methoxy groups -OCH3 is 4. The van der Waals surface area contributed by atoms with Gasteiger partial charge in [-0.2, -0.15) is 14.6 Å². The van der Waals surface area contributed by atoms with E-state index in [0.717, 1.165) is 21.4 Å². The van der Waals surface area contributed by atoms with Crippen LogP contribution in [0.15, 0.2) is 46.0 Å². The quantitative estimate of drug-likeness (QED) is 0.405. The van der Waals surface area contributed by atoms with Gasteiger partial charge in [-0.15, -0.1) is 0 Å². The molecular weight excluding hydrogens is 446 g/mol. The number of hydrogen-bond acceptors (Lipinski definition) is 9. The summed E-state index contributed by atoms with van der Waals surface area (Å²) < 4.78 is 22.7. The highest BCUT2D eigenvalue weighted by molar-refractivity contribution is 7.15. The second kappa shape index (κ2) is 9.29. The fourth-order valence-corrected chi connectivity index (χ4v) is 4.22. The molecule has 2 heterocycles. The van der Waals surface area contributed by atoms with Crippen LogP contribution in [0.3, 0.4) is 0 Å². The van der Waals surface area contributed by atoms with Crippen molar-refractivity contribution < 1.29 is 18.9 Å². The lowest BCUT2D eigenvalue weighted by molar-refractivity contribution is 0.354. The predicted octanol–water partition coefficient (Wildman–Crippen LogP) is 1.68. The van der Waals surface area contributed by atoms with Crippen LogP contribution in [0.4, 0.5) is 0 Å². The average Bonchev–Trinajstić information content (AvgIpc) is 3.12. The van der Waals surface area contributed by atoms with E-state index in [9.17, 15) is 9.59 Å². The first kappa shape index (κ1) is 22.3.